The molecule has 0 saturated carbocycles. The lowest BCUT2D eigenvalue weighted by Gasteiger charge is -2.43. The summed E-state index contributed by atoms with van der Waals surface area (Å²) in [6.45, 7) is -0.0572. The number of ether oxygens (including phenoxy) is 4. The minimum Gasteiger partial charge on any atom is -0.463 e. The molecule has 2 heterocycles. The first-order valence-electron chi connectivity index (χ1n) is 7.84. The maximum Gasteiger partial charge on any atom is 0.302 e. The van der Waals surface area contributed by atoms with Crippen molar-refractivity contribution in [3.8, 4) is 0 Å². The average molecular weight is 421 g/mol. The molecule has 0 amide bonds. The van der Waals surface area contributed by atoms with E-state index in [0.717, 1.165) is 0 Å². The number of hydrogen-bond acceptors (Lipinski definition) is 10. The molecule has 0 aromatic rings. The third-order valence-corrected chi connectivity index (χ3v) is 5.11. The summed E-state index contributed by atoms with van der Waals surface area (Å²) in [6.07, 6.45) is -10.1. The molecule has 0 aliphatic carbocycles. The number of alkyl halides is 2. The molecule has 0 spiro atoms. The van der Waals surface area contributed by atoms with Crippen LogP contribution in [0.3, 0.4) is 0 Å². The topological polar surface area (TPSA) is 155 Å². The number of aliphatic hydroxyl groups excluding tert-OH is 5. The molecule has 2 aliphatic rings. The average Bonchev–Trinajstić information content (AvgIpc) is 2.86. The zero-order valence-corrected chi connectivity index (χ0v) is 15.3. The van der Waals surface area contributed by atoms with Gasteiger partial charge in [-0.2, -0.15) is 0 Å². The van der Waals surface area contributed by atoms with Gasteiger partial charge in [-0.25, -0.2) is 0 Å². The fourth-order valence-corrected chi connectivity index (χ4v) is 3.30. The number of esters is 1. The fourth-order valence-electron chi connectivity index (χ4n) is 2.77. The Balaban J connectivity index is 2.16. The molecule has 0 unspecified atom stereocenters. The molecule has 2 rings (SSSR count). The van der Waals surface area contributed by atoms with Gasteiger partial charge in [0.05, 0.1) is 11.3 Å². The van der Waals surface area contributed by atoms with Gasteiger partial charge < -0.3 is 44.5 Å². The van der Waals surface area contributed by atoms with E-state index in [1.165, 1.54) is 6.92 Å². The van der Waals surface area contributed by atoms with Crippen LogP contribution < -0.4 is 0 Å². The standard InChI is InChI=1S/C14H22Cl2O10/c1-5(18)23-3-7-8(16)10(20)11(21)13(24-7)26-14(4-17)12(22)9(19)6(2-15)25-14/h6-13,17,19-22H,2-4H2,1H3/t6-,7-,8-,9-,10+,11-,12+,13-,14+/m1/s1. The Morgan fingerprint density at radius 3 is 2.31 bits per heavy atom. The van der Waals surface area contributed by atoms with E-state index in [0.29, 0.717) is 0 Å². The van der Waals surface area contributed by atoms with Gasteiger partial charge in [0.25, 0.3) is 0 Å². The number of carbonyl (C=O) groups is 1. The van der Waals surface area contributed by atoms with Crippen molar-refractivity contribution in [1.82, 2.24) is 0 Å². The molecular weight excluding hydrogens is 399 g/mol. The maximum absolute atomic E-state index is 11.0. The highest BCUT2D eigenvalue weighted by Crippen LogP contribution is 2.37. The summed E-state index contributed by atoms with van der Waals surface area (Å²) >= 11 is 11.6. The minimum absolute atomic E-state index is 0.196. The SMILES string of the molecule is CC(=O)OC[C@H]1O[C@H](O[C@]2(CO)O[C@H](CCl)[C@@H](O)[C@@H]2O)[C@H](O)[C@@H](O)[C@@H]1Cl. The van der Waals surface area contributed by atoms with Crippen molar-refractivity contribution in [2.75, 3.05) is 19.1 Å². The third kappa shape index (κ3) is 4.25. The highest BCUT2D eigenvalue weighted by Gasteiger charge is 2.58. The lowest BCUT2D eigenvalue weighted by atomic mass is 10.0. The van der Waals surface area contributed by atoms with Crippen molar-refractivity contribution >= 4 is 29.2 Å². The largest absolute Gasteiger partial charge is 0.463 e. The van der Waals surface area contributed by atoms with E-state index < -0.39 is 66.7 Å². The van der Waals surface area contributed by atoms with E-state index in [1.807, 2.05) is 0 Å². The van der Waals surface area contributed by atoms with Crippen molar-refractivity contribution in [2.24, 2.45) is 0 Å². The van der Waals surface area contributed by atoms with Crippen LogP contribution in [0.25, 0.3) is 0 Å². The first kappa shape index (κ1) is 22.0. The summed E-state index contributed by atoms with van der Waals surface area (Å²) in [5, 5.41) is 48.8. The zero-order valence-electron chi connectivity index (χ0n) is 13.8. The predicted molar refractivity (Wildman–Crippen MR) is 85.5 cm³/mol. The molecule has 0 aromatic carbocycles. The number of hydrogen-bond donors (Lipinski definition) is 5. The van der Waals surface area contributed by atoms with E-state index in [4.69, 9.17) is 42.1 Å². The van der Waals surface area contributed by atoms with Gasteiger partial charge in [0, 0.05) is 6.92 Å². The molecule has 152 valence electrons. The number of aliphatic hydroxyl groups is 5. The molecule has 2 fully saturated rings. The summed E-state index contributed by atoms with van der Waals surface area (Å²) < 4.78 is 20.9. The molecule has 26 heavy (non-hydrogen) atoms. The Morgan fingerprint density at radius 1 is 1.15 bits per heavy atom. The van der Waals surface area contributed by atoms with Crippen molar-refractivity contribution in [1.29, 1.82) is 0 Å². The van der Waals surface area contributed by atoms with Crippen molar-refractivity contribution in [3.05, 3.63) is 0 Å². The Hall–Kier alpha value is -0.270. The van der Waals surface area contributed by atoms with Gasteiger partial charge in [0.1, 0.15) is 49.8 Å². The van der Waals surface area contributed by atoms with Gasteiger partial charge in [-0.05, 0) is 0 Å². The minimum atomic E-state index is -2.14. The van der Waals surface area contributed by atoms with Crippen LogP contribution in [-0.2, 0) is 23.7 Å². The molecule has 9 atom stereocenters. The van der Waals surface area contributed by atoms with Crippen molar-refractivity contribution in [2.45, 2.75) is 61.0 Å². The summed E-state index contributed by atoms with van der Waals surface area (Å²) in [5.41, 5.74) is 0. The van der Waals surface area contributed by atoms with E-state index >= 15 is 0 Å². The summed E-state index contributed by atoms with van der Waals surface area (Å²) in [6, 6.07) is 0. The normalized spacial score (nSPS) is 46.3. The van der Waals surface area contributed by atoms with Crippen LogP contribution in [0, 0.1) is 0 Å². The highest BCUT2D eigenvalue weighted by molar-refractivity contribution is 6.21. The summed E-state index contributed by atoms with van der Waals surface area (Å²) in [4.78, 5) is 11.0. The predicted octanol–water partition coefficient (Wildman–Crippen LogP) is -2.33. The molecule has 2 saturated heterocycles. The second-order valence-electron chi connectivity index (χ2n) is 6.10. The van der Waals surface area contributed by atoms with Gasteiger partial charge in [-0.1, -0.05) is 0 Å². The second kappa shape index (κ2) is 8.82. The lowest BCUT2D eigenvalue weighted by molar-refractivity contribution is -0.371. The molecular formula is C14H22Cl2O10. The van der Waals surface area contributed by atoms with E-state index in [-0.39, 0.29) is 12.5 Å². The maximum atomic E-state index is 11.0. The smallest absolute Gasteiger partial charge is 0.302 e. The van der Waals surface area contributed by atoms with Crippen LogP contribution in [0.1, 0.15) is 6.92 Å². The van der Waals surface area contributed by atoms with Crippen molar-refractivity contribution in [3.63, 3.8) is 0 Å². The molecule has 5 N–H and O–H groups in total. The van der Waals surface area contributed by atoms with Gasteiger partial charge in [-0.3, -0.25) is 4.79 Å². The number of carbonyl (C=O) groups excluding carboxylic acids is 1. The Labute approximate surface area is 159 Å². The first-order chi connectivity index (χ1) is 12.2. The van der Waals surface area contributed by atoms with Crippen LogP contribution in [0.4, 0.5) is 0 Å². The Bertz CT molecular complexity index is 496. The molecule has 0 radical (unpaired) electrons. The van der Waals surface area contributed by atoms with E-state index in [9.17, 15) is 30.3 Å². The monoisotopic (exact) mass is 420 g/mol. The van der Waals surface area contributed by atoms with E-state index in [2.05, 4.69) is 0 Å². The van der Waals surface area contributed by atoms with Gasteiger partial charge >= 0.3 is 5.97 Å². The lowest BCUT2D eigenvalue weighted by Crippen LogP contribution is -2.61. The van der Waals surface area contributed by atoms with E-state index in [1.54, 1.807) is 0 Å². The van der Waals surface area contributed by atoms with Crippen LogP contribution in [0.2, 0.25) is 0 Å². The number of halogens is 2. The van der Waals surface area contributed by atoms with Gasteiger partial charge in [0.2, 0.25) is 5.79 Å². The second-order valence-corrected chi connectivity index (χ2v) is 6.92. The Morgan fingerprint density at radius 2 is 1.81 bits per heavy atom. The van der Waals surface area contributed by atoms with Crippen LogP contribution >= 0.6 is 23.2 Å². The Kier molecular flexibility index (Phi) is 7.47. The molecule has 0 aromatic heterocycles. The van der Waals surface area contributed by atoms with Crippen LogP contribution in [0.15, 0.2) is 0 Å². The highest BCUT2D eigenvalue weighted by atomic mass is 35.5. The molecule has 10 nitrogen and oxygen atoms in total. The van der Waals surface area contributed by atoms with Crippen molar-refractivity contribution < 1.29 is 49.3 Å². The van der Waals surface area contributed by atoms with Gasteiger partial charge in [-0.15, -0.1) is 23.2 Å². The zero-order chi connectivity index (χ0) is 19.6. The first-order valence-corrected chi connectivity index (χ1v) is 8.81. The van der Waals surface area contributed by atoms with Crippen LogP contribution in [0.5, 0.6) is 0 Å². The fraction of sp³-hybridized carbons (Fsp3) is 0.929. The van der Waals surface area contributed by atoms with Crippen LogP contribution in [-0.4, -0.2) is 105 Å². The third-order valence-electron chi connectivity index (χ3n) is 4.26. The molecule has 12 heteroatoms. The summed E-state index contributed by atoms with van der Waals surface area (Å²) in [5.74, 6) is -2.95. The number of rotatable bonds is 6. The molecule has 2 aliphatic heterocycles. The quantitative estimate of drug-likeness (QED) is 0.233. The molecule has 0 bridgehead atoms. The van der Waals surface area contributed by atoms with Gasteiger partial charge in [0.15, 0.2) is 6.29 Å². The summed E-state index contributed by atoms with van der Waals surface area (Å²) in [7, 11) is 0.